The highest BCUT2D eigenvalue weighted by atomic mass is 16.5. The van der Waals surface area contributed by atoms with Crippen LogP contribution in [0.4, 0.5) is 17.1 Å². The molecule has 0 atom stereocenters. The fourth-order valence-corrected chi connectivity index (χ4v) is 2.68. The van der Waals surface area contributed by atoms with Gasteiger partial charge in [0.2, 0.25) is 5.91 Å². The minimum absolute atomic E-state index is 0.156. The second-order valence-corrected chi connectivity index (χ2v) is 5.91. The maximum Gasteiger partial charge on any atom is 0.248 e. The fraction of sp³-hybridized carbons (Fsp3) is 0.471. The van der Waals surface area contributed by atoms with Crippen molar-refractivity contribution in [2.45, 2.75) is 12.8 Å². The van der Waals surface area contributed by atoms with E-state index in [0.29, 0.717) is 17.1 Å². The quantitative estimate of drug-likeness (QED) is 0.619. The van der Waals surface area contributed by atoms with E-state index >= 15 is 0 Å². The third-order valence-corrected chi connectivity index (χ3v) is 3.92. The summed E-state index contributed by atoms with van der Waals surface area (Å²) in [6.07, 6.45) is 5.98. The predicted molar refractivity (Wildman–Crippen MR) is 95.2 cm³/mol. The normalized spacial score (nSPS) is 15.1. The van der Waals surface area contributed by atoms with E-state index in [1.54, 1.807) is 19.3 Å². The number of nitrogens with two attached hydrogens (primary N) is 1. The molecule has 3 N–H and O–H groups in total. The molecule has 126 valence electrons. The van der Waals surface area contributed by atoms with Crippen LogP contribution < -0.4 is 20.7 Å². The summed E-state index contributed by atoms with van der Waals surface area (Å²) in [6.45, 7) is 3.05. The van der Waals surface area contributed by atoms with Crippen LogP contribution in [0.15, 0.2) is 24.3 Å². The average Bonchev–Trinajstić information content (AvgIpc) is 3.00. The molecule has 1 amide bonds. The van der Waals surface area contributed by atoms with Crippen molar-refractivity contribution >= 4 is 23.0 Å². The van der Waals surface area contributed by atoms with Gasteiger partial charge in [0.1, 0.15) is 5.75 Å². The number of amides is 1. The Kier molecular flexibility index (Phi) is 5.87. The van der Waals surface area contributed by atoms with E-state index in [0.717, 1.165) is 25.3 Å². The molecule has 0 aliphatic carbocycles. The van der Waals surface area contributed by atoms with Crippen LogP contribution in [-0.2, 0) is 4.79 Å². The van der Waals surface area contributed by atoms with Crippen molar-refractivity contribution in [1.82, 2.24) is 4.90 Å². The van der Waals surface area contributed by atoms with Crippen LogP contribution in [0.25, 0.3) is 0 Å². The molecule has 1 aromatic carbocycles. The fourth-order valence-electron chi connectivity index (χ4n) is 2.68. The molecule has 1 saturated heterocycles. The van der Waals surface area contributed by atoms with Gasteiger partial charge in [-0.3, -0.25) is 9.69 Å². The van der Waals surface area contributed by atoms with Crippen molar-refractivity contribution in [1.29, 1.82) is 0 Å². The molecule has 6 heteroatoms. The number of methoxy groups -OCH3 is 1. The minimum atomic E-state index is -0.156. The molecule has 2 rings (SSSR count). The molecule has 0 radical (unpaired) electrons. The molecule has 0 aromatic heterocycles. The van der Waals surface area contributed by atoms with Crippen LogP contribution in [-0.4, -0.2) is 51.6 Å². The summed E-state index contributed by atoms with van der Waals surface area (Å²) in [5, 5.41) is 2.89. The number of likely N-dealkylation sites (tertiary alicyclic amines) is 1. The van der Waals surface area contributed by atoms with Crippen LogP contribution in [0.5, 0.6) is 5.75 Å². The van der Waals surface area contributed by atoms with Gasteiger partial charge < -0.3 is 20.7 Å². The second-order valence-electron chi connectivity index (χ2n) is 5.91. The first-order chi connectivity index (χ1) is 11.0. The molecule has 0 unspecified atom stereocenters. The number of anilines is 3. The summed E-state index contributed by atoms with van der Waals surface area (Å²) in [5.41, 5.74) is 7.95. The molecule has 1 heterocycles. The van der Waals surface area contributed by atoms with Crippen LogP contribution >= 0.6 is 0 Å². The third kappa shape index (κ3) is 4.63. The summed E-state index contributed by atoms with van der Waals surface area (Å²) in [4.78, 5) is 16.4. The van der Waals surface area contributed by atoms with E-state index in [4.69, 9.17) is 10.5 Å². The smallest absolute Gasteiger partial charge is 0.248 e. The van der Waals surface area contributed by atoms with Gasteiger partial charge in [-0.05, 0) is 32.0 Å². The standard InChI is InChI=1S/C17H26N4O2/c1-20(2)15-12-16(23-3)13(18)11-14(15)19-17(22)7-6-10-21-8-4-5-9-21/h6-7,11-12H,4-5,8-10,18H2,1-3H3,(H,19,22)/b7-6+. The van der Waals surface area contributed by atoms with Gasteiger partial charge >= 0.3 is 0 Å². The van der Waals surface area contributed by atoms with Crippen molar-refractivity contribution in [3.05, 3.63) is 24.3 Å². The van der Waals surface area contributed by atoms with Crippen molar-refractivity contribution in [3.63, 3.8) is 0 Å². The predicted octanol–water partition coefficient (Wildman–Crippen LogP) is 1.93. The first-order valence-corrected chi connectivity index (χ1v) is 7.86. The van der Waals surface area contributed by atoms with Crippen molar-refractivity contribution in [2.24, 2.45) is 0 Å². The maximum atomic E-state index is 12.1. The number of hydrogen-bond donors (Lipinski definition) is 2. The number of nitrogen functional groups attached to an aromatic ring is 1. The van der Waals surface area contributed by atoms with Gasteiger partial charge in [0, 0.05) is 32.8 Å². The molecule has 1 aliphatic heterocycles. The summed E-state index contributed by atoms with van der Waals surface area (Å²) >= 11 is 0. The number of ether oxygens (including phenoxy) is 1. The number of hydrogen-bond acceptors (Lipinski definition) is 5. The zero-order valence-corrected chi connectivity index (χ0v) is 14.1. The molecule has 1 aromatic rings. The highest BCUT2D eigenvalue weighted by Crippen LogP contribution is 2.34. The summed E-state index contributed by atoms with van der Waals surface area (Å²) < 4.78 is 5.23. The highest BCUT2D eigenvalue weighted by Gasteiger charge is 2.12. The first kappa shape index (κ1) is 17.1. The lowest BCUT2D eigenvalue weighted by molar-refractivity contribution is -0.111. The van der Waals surface area contributed by atoms with E-state index in [1.807, 2.05) is 31.1 Å². The Morgan fingerprint density at radius 1 is 1.39 bits per heavy atom. The number of nitrogens with one attached hydrogen (secondary N) is 1. The number of benzene rings is 1. The summed E-state index contributed by atoms with van der Waals surface area (Å²) in [5.74, 6) is 0.438. The molecule has 0 spiro atoms. The van der Waals surface area contributed by atoms with Crippen molar-refractivity contribution < 1.29 is 9.53 Å². The molecular formula is C17H26N4O2. The number of carbonyl (C=O) groups excluding carboxylic acids is 1. The van der Waals surface area contributed by atoms with Gasteiger partial charge in [-0.15, -0.1) is 0 Å². The van der Waals surface area contributed by atoms with E-state index in [9.17, 15) is 4.79 Å². The molecule has 23 heavy (non-hydrogen) atoms. The van der Waals surface area contributed by atoms with Gasteiger partial charge in [-0.1, -0.05) is 6.08 Å². The van der Waals surface area contributed by atoms with E-state index in [2.05, 4.69) is 10.2 Å². The maximum absolute atomic E-state index is 12.1. The number of carbonyl (C=O) groups is 1. The Morgan fingerprint density at radius 2 is 2.09 bits per heavy atom. The average molecular weight is 318 g/mol. The first-order valence-electron chi connectivity index (χ1n) is 7.86. The second kappa shape index (κ2) is 7.87. The van der Waals surface area contributed by atoms with Crippen molar-refractivity contribution in [3.8, 4) is 5.75 Å². The Morgan fingerprint density at radius 3 is 2.70 bits per heavy atom. The topological polar surface area (TPSA) is 70.8 Å². The van der Waals surface area contributed by atoms with Gasteiger partial charge in [0.05, 0.1) is 24.2 Å². The van der Waals surface area contributed by atoms with Crippen LogP contribution in [0.2, 0.25) is 0 Å². The molecule has 1 aliphatic rings. The lowest BCUT2D eigenvalue weighted by Crippen LogP contribution is -2.19. The molecule has 1 fully saturated rings. The lowest BCUT2D eigenvalue weighted by Gasteiger charge is -2.19. The number of nitrogens with zero attached hydrogens (tertiary/aromatic N) is 2. The van der Waals surface area contributed by atoms with Gasteiger partial charge in [0.25, 0.3) is 0 Å². The Bertz CT molecular complexity index is 578. The molecule has 0 saturated carbocycles. The van der Waals surface area contributed by atoms with Gasteiger partial charge in [-0.2, -0.15) is 0 Å². The van der Waals surface area contributed by atoms with Crippen LogP contribution in [0, 0.1) is 0 Å². The monoisotopic (exact) mass is 318 g/mol. The van der Waals surface area contributed by atoms with Crippen molar-refractivity contribution in [2.75, 3.05) is 56.8 Å². The lowest BCUT2D eigenvalue weighted by atomic mass is 10.2. The van der Waals surface area contributed by atoms with Crippen LogP contribution in [0.3, 0.4) is 0 Å². The SMILES string of the molecule is COc1cc(N(C)C)c(NC(=O)/C=C/CN2CCCC2)cc1N. The number of rotatable bonds is 6. The van der Waals surface area contributed by atoms with Gasteiger partial charge in [0.15, 0.2) is 0 Å². The molecule has 6 nitrogen and oxygen atoms in total. The van der Waals surface area contributed by atoms with E-state index < -0.39 is 0 Å². The van der Waals surface area contributed by atoms with E-state index in [1.165, 1.54) is 12.8 Å². The Balaban J connectivity index is 2.04. The Hall–Kier alpha value is -2.21. The third-order valence-electron chi connectivity index (χ3n) is 3.92. The molecular weight excluding hydrogens is 292 g/mol. The van der Waals surface area contributed by atoms with E-state index in [-0.39, 0.29) is 5.91 Å². The highest BCUT2D eigenvalue weighted by molar-refractivity contribution is 6.02. The molecule has 0 bridgehead atoms. The minimum Gasteiger partial charge on any atom is -0.495 e. The zero-order chi connectivity index (χ0) is 16.8. The largest absolute Gasteiger partial charge is 0.495 e. The zero-order valence-electron chi connectivity index (χ0n) is 14.1. The van der Waals surface area contributed by atoms with Crippen LogP contribution in [0.1, 0.15) is 12.8 Å². The summed E-state index contributed by atoms with van der Waals surface area (Å²) in [6, 6.07) is 3.54. The Labute approximate surface area is 137 Å². The van der Waals surface area contributed by atoms with Gasteiger partial charge in [-0.25, -0.2) is 0 Å². The summed E-state index contributed by atoms with van der Waals surface area (Å²) in [7, 11) is 5.39.